The van der Waals surface area contributed by atoms with Gasteiger partial charge in [0.15, 0.2) is 0 Å². The van der Waals surface area contributed by atoms with Crippen molar-refractivity contribution >= 4 is 45.8 Å². The summed E-state index contributed by atoms with van der Waals surface area (Å²) in [6.45, 7) is 0.903. The van der Waals surface area contributed by atoms with E-state index in [1.807, 2.05) is 0 Å². The Balaban J connectivity index is 0.00000220. The maximum Gasteiger partial charge on any atom is 0.277 e. The number of nitrogen functional groups attached to an aromatic ring is 1. The van der Waals surface area contributed by atoms with Gasteiger partial charge in [0.2, 0.25) is 0 Å². The molecule has 0 aliphatic carbocycles. The second-order valence-corrected chi connectivity index (χ2v) is 6.43. The highest BCUT2D eigenvalue weighted by Crippen LogP contribution is 2.21. The van der Waals surface area contributed by atoms with Crippen LogP contribution < -0.4 is 10.9 Å². The first-order valence-corrected chi connectivity index (χ1v) is 7.79. The van der Waals surface area contributed by atoms with Gasteiger partial charge in [0.1, 0.15) is 0 Å². The van der Waals surface area contributed by atoms with E-state index in [-0.39, 0.29) is 49.5 Å². The van der Waals surface area contributed by atoms with Crippen LogP contribution in [0.2, 0.25) is 5.02 Å². The molecule has 0 aromatic heterocycles. The summed E-state index contributed by atoms with van der Waals surface area (Å²) in [6, 6.07) is 4.67. The molecule has 1 heterocycles. The summed E-state index contributed by atoms with van der Waals surface area (Å²) in [6.07, 6.45) is 0. The van der Waals surface area contributed by atoms with Crippen molar-refractivity contribution in [1.82, 2.24) is 9.21 Å². The smallest absolute Gasteiger partial charge is 0.277 e. The van der Waals surface area contributed by atoms with Gasteiger partial charge in [-0.2, -0.15) is 12.7 Å². The van der Waals surface area contributed by atoms with E-state index in [9.17, 15) is 13.2 Å². The van der Waals surface area contributed by atoms with Crippen LogP contribution in [0.4, 0.5) is 5.69 Å². The largest absolute Gasteiger partial charge is 0.399 e. The zero-order chi connectivity index (χ0) is 14.9. The molecule has 0 unspecified atom stereocenters. The fraction of sp³-hybridized carbons (Fsp3) is 0.364. The first-order valence-electron chi connectivity index (χ1n) is 5.91. The van der Waals surface area contributed by atoms with Gasteiger partial charge in [-0.05, 0) is 18.2 Å². The Morgan fingerprint density at radius 2 is 1.76 bits per heavy atom. The van der Waals surface area contributed by atoms with E-state index in [2.05, 4.69) is 0 Å². The van der Waals surface area contributed by atoms with Crippen molar-refractivity contribution in [3.63, 3.8) is 0 Å². The molecule has 1 saturated heterocycles. The Bertz CT molecular complexity index is 630. The standard InChI is InChI=1S/C11H15ClN4O3S.ClH/c12-10-7-8(13)1-2-9(10)11(17)15-3-5-16(6-4-15)20(14,18)19;/h1-2,7H,3-6,13H2,(H2,14,18,19);1H. The van der Waals surface area contributed by atoms with Gasteiger partial charge < -0.3 is 10.6 Å². The molecule has 1 fully saturated rings. The zero-order valence-electron chi connectivity index (χ0n) is 11.0. The summed E-state index contributed by atoms with van der Waals surface area (Å²) in [4.78, 5) is 13.8. The third-order valence-electron chi connectivity index (χ3n) is 3.11. The number of piperazine rings is 1. The van der Waals surface area contributed by atoms with Crippen molar-refractivity contribution in [1.29, 1.82) is 0 Å². The third-order valence-corrected chi connectivity index (χ3v) is 4.51. The van der Waals surface area contributed by atoms with Gasteiger partial charge in [-0.3, -0.25) is 4.79 Å². The van der Waals surface area contributed by atoms with Crippen LogP contribution in [0.5, 0.6) is 0 Å². The fourth-order valence-corrected chi connectivity index (χ4v) is 2.96. The number of amides is 1. The number of halogens is 2. The lowest BCUT2D eigenvalue weighted by Gasteiger charge is -2.33. The van der Waals surface area contributed by atoms with Crippen molar-refractivity contribution in [2.45, 2.75) is 0 Å². The fourth-order valence-electron chi connectivity index (χ4n) is 2.02. The highest BCUT2D eigenvalue weighted by molar-refractivity contribution is 7.86. The van der Waals surface area contributed by atoms with Gasteiger partial charge in [-0.15, -0.1) is 12.4 Å². The Morgan fingerprint density at radius 3 is 2.24 bits per heavy atom. The van der Waals surface area contributed by atoms with Crippen molar-refractivity contribution < 1.29 is 13.2 Å². The summed E-state index contributed by atoms with van der Waals surface area (Å²) < 4.78 is 23.5. The van der Waals surface area contributed by atoms with Crippen molar-refractivity contribution in [2.75, 3.05) is 31.9 Å². The maximum absolute atomic E-state index is 12.3. The average Bonchev–Trinajstić information content (AvgIpc) is 2.37. The molecule has 0 spiro atoms. The summed E-state index contributed by atoms with van der Waals surface area (Å²) in [5.41, 5.74) is 6.40. The SMILES string of the molecule is Cl.Nc1ccc(C(=O)N2CCN(S(N)(=O)=O)CC2)c(Cl)c1. The summed E-state index contributed by atoms with van der Waals surface area (Å²) >= 11 is 5.99. The quantitative estimate of drug-likeness (QED) is 0.744. The molecule has 1 aliphatic rings. The van der Waals surface area contributed by atoms with Gasteiger partial charge >= 0.3 is 0 Å². The highest BCUT2D eigenvalue weighted by Gasteiger charge is 2.27. The Hall–Kier alpha value is -1.06. The van der Waals surface area contributed by atoms with Gasteiger partial charge in [0.05, 0.1) is 10.6 Å². The minimum atomic E-state index is -3.70. The van der Waals surface area contributed by atoms with Crippen molar-refractivity contribution in [3.8, 4) is 0 Å². The second-order valence-electron chi connectivity index (χ2n) is 4.48. The molecule has 1 aliphatic heterocycles. The Morgan fingerprint density at radius 1 is 1.19 bits per heavy atom. The summed E-state index contributed by atoms with van der Waals surface area (Å²) in [5.74, 6) is -0.246. The lowest BCUT2D eigenvalue weighted by atomic mass is 10.1. The van der Waals surface area contributed by atoms with E-state index in [1.165, 1.54) is 6.07 Å². The van der Waals surface area contributed by atoms with Gasteiger partial charge in [-0.1, -0.05) is 11.6 Å². The first kappa shape index (κ1) is 18.0. The van der Waals surface area contributed by atoms with Gasteiger partial charge in [-0.25, -0.2) is 5.14 Å². The molecule has 0 atom stereocenters. The molecule has 1 amide bonds. The number of carbonyl (C=O) groups excluding carboxylic acids is 1. The van der Waals surface area contributed by atoms with E-state index in [1.54, 1.807) is 17.0 Å². The average molecular weight is 355 g/mol. The molecule has 2 rings (SSSR count). The molecule has 0 radical (unpaired) electrons. The predicted octanol–water partition coefficient (Wildman–Crippen LogP) is 0.305. The van der Waals surface area contributed by atoms with E-state index < -0.39 is 10.2 Å². The van der Waals surface area contributed by atoms with Crippen LogP contribution in [0.25, 0.3) is 0 Å². The molecular weight excluding hydrogens is 339 g/mol. The molecule has 7 nitrogen and oxygen atoms in total. The molecule has 118 valence electrons. The van der Waals surface area contributed by atoms with Crippen LogP contribution in [0.3, 0.4) is 0 Å². The molecule has 1 aromatic carbocycles. The van der Waals surface area contributed by atoms with Crippen LogP contribution in [0.15, 0.2) is 18.2 Å². The minimum Gasteiger partial charge on any atom is -0.399 e. The first-order chi connectivity index (χ1) is 9.29. The number of anilines is 1. The molecule has 0 bridgehead atoms. The molecule has 1 aromatic rings. The van der Waals surface area contributed by atoms with Crippen LogP contribution in [-0.2, 0) is 10.2 Å². The Labute approximate surface area is 134 Å². The number of benzene rings is 1. The van der Waals surface area contributed by atoms with Crippen LogP contribution in [0.1, 0.15) is 10.4 Å². The minimum absolute atomic E-state index is 0. The number of rotatable bonds is 2. The number of carbonyl (C=O) groups is 1. The van der Waals surface area contributed by atoms with Crippen LogP contribution >= 0.6 is 24.0 Å². The molecule has 4 N–H and O–H groups in total. The second kappa shape index (κ2) is 6.80. The van der Waals surface area contributed by atoms with Crippen molar-refractivity contribution in [3.05, 3.63) is 28.8 Å². The van der Waals surface area contributed by atoms with Crippen LogP contribution in [-0.4, -0.2) is 49.7 Å². The highest BCUT2D eigenvalue weighted by atomic mass is 35.5. The number of hydrogen-bond acceptors (Lipinski definition) is 4. The van der Waals surface area contributed by atoms with E-state index in [4.69, 9.17) is 22.5 Å². The van der Waals surface area contributed by atoms with Crippen LogP contribution in [0, 0.1) is 0 Å². The van der Waals surface area contributed by atoms with Gasteiger partial charge in [0.25, 0.3) is 16.1 Å². The molecule has 0 saturated carbocycles. The van der Waals surface area contributed by atoms with Gasteiger partial charge in [0, 0.05) is 31.9 Å². The maximum atomic E-state index is 12.3. The number of hydrogen-bond donors (Lipinski definition) is 2. The number of nitrogens with two attached hydrogens (primary N) is 2. The normalized spacial score (nSPS) is 16.4. The molecule has 21 heavy (non-hydrogen) atoms. The predicted molar refractivity (Wildman–Crippen MR) is 83.7 cm³/mol. The lowest BCUT2D eigenvalue weighted by molar-refractivity contribution is 0.0698. The Kier molecular flexibility index (Phi) is 5.83. The van der Waals surface area contributed by atoms with Crippen molar-refractivity contribution in [2.24, 2.45) is 5.14 Å². The lowest BCUT2D eigenvalue weighted by Crippen LogP contribution is -2.52. The topological polar surface area (TPSA) is 110 Å². The monoisotopic (exact) mass is 354 g/mol. The molecular formula is C11H16Cl2N4O3S. The molecule has 10 heteroatoms. The third kappa shape index (κ3) is 4.21. The van der Waals surface area contributed by atoms with E-state index in [0.29, 0.717) is 11.3 Å². The summed E-state index contributed by atoms with van der Waals surface area (Å²) in [7, 11) is -3.70. The number of nitrogens with zero attached hydrogens (tertiary/aromatic N) is 2. The zero-order valence-corrected chi connectivity index (χ0v) is 13.4. The summed E-state index contributed by atoms with van der Waals surface area (Å²) in [5, 5.41) is 5.32. The van der Waals surface area contributed by atoms with E-state index in [0.717, 1.165) is 4.31 Å². The van der Waals surface area contributed by atoms with E-state index >= 15 is 0 Å².